The quantitative estimate of drug-likeness (QED) is 0.539. The number of nitrogens with zero attached hydrogens (tertiary/aromatic N) is 2. The van der Waals surface area contributed by atoms with Gasteiger partial charge in [-0.25, -0.2) is 0 Å². The molecule has 0 saturated heterocycles. The summed E-state index contributed by atoms with van der Waals surface area (Å²) in [5.41, 5.74) is 3.27. The molecule has 1 N–H and O–H groups in total. The summed E-state index contributed by atoms with van der Waals surface area (Å²) < 4.78 is 5.23. The zero-order chi connectivity index (χ0) is 24.8. The van der Waals surface area contributed by atoms with Crippen molar-refractivity contribution in [3.63, 3.8) is 0 Å². The maximum atomic E-state index is 13.5. The molecule has 2 aromatic carbocycles. The molecule has 6 heteroatoms. The van der Waals surface area contributed by atoms with Gasteiger partial charge < -0.3 is 19.9 Å². The molecule has 1 atom stereocenters. The zero-order valence-electron chi connectivity index (χ0n) is 21.4. The van der Waals surface area contributed by atoms with Crippen LogP contribution in [0.25, 0.3) is 0 Å². The molecule has 0 aliphatic rings. The predicted octanol–water partition coefficient (Wildman–Crippen LogP) is 5.58. The van der Waals surface area contributed by atoms with E-state index in [1.165, 1.54) is 0 Å². The maximum absolute atomic E-state index is 13.5. The van der Waals surface area contributed by atoms with E-state index in [0.29, 0.717) is 18.5 Å². The number of amides is 2. The van der Waals surface area contributed by atoms with E-state index in [9.17, 15) is 9.59 Å². The Morgan fingerprint density at radius 3 is 2.21 bits per heavy atom. The van der Waals surface area contributed by atoms with Gasteiger partial charge in [0.1, 0.15) is 5.75 Å². The van der Waals surface area contributed by atoms with Crippen LogP contribution in [0.2, 0.25) is 0 Å². The Bertz CT molecular complexity index is 946. The Morgan fingerprint density at radius 1 is 1.06 bits per heavy atom. The summed E-state index contributed by atoms with van der Waals surface area (Å²) in [5.74, 6) is 0.674. The lowest BCUT2D eigenvalue weighted by Crippen LogP contribution is -2.38. The van der Waals surface area contributed by atoms with Crippen molar-refractivity contribution in [1.29, 1.82) is 0 Å². The van der Waals surface area contributed by atoms with E-state index in [0.717, 1.165) is 29.1 Å². The number of hydrogen-bond acceptors (Lipinski definition) is 4. The van der Waals surface area contributed by atoms with Crippen LogP contribution in [0.4, 0.5) is 11.4 Å². The smallest absolute Gasteiger partial charge is 0.254 e. The summed E-state index contributed by atoms with van der Waals surface area (Å²) in [5, 5.41) is 3.02. The lowest BCUT2D eigenvalue weighted by Gasteiger charge is -2.31. The molecule has 0 unspecified atom stereocenters. The second kappa shape index (κ2) is 11.2. The minimum atomic E-state index is -0.0887. The Balaban J connectivity index is 2.36. The van der Waals surface area contributed by atoms with Crippen LogP contribution < -0.4 is 15.0 Å². The molecule has 2 rings (SSSR count). The molecule has 33 heavy (non-hydrogen) atoms. The van der Waals surface area contributed by atoms with Gasteiger partial charge in [-0.15, -0.1) is 0 Å². The molecule has 0 bridgehead atoms. The van der Waals surface area contributed by atoms with E-state index < -0.39 is 0 Å². The fourth-order valence-corrected chi connectivity index (χ4v) is 3.64. The molecule has 6 nitrogen and oxygen atoms in total. The van der Waals surface area contributed by atoms with E-state index in [2.05, 4.69) is 19.2 Å². The molecule has 0 aromatic heterocycles. The third-order valence-corrected chi connectivity index (χ3v) is 5.60. The molecule has 2 aromatic rings. The molecule has 0 fully saturated rings. The van der Waals surface area contributed by atoms with Crippen LogP contribution in [0, 0.1) is 5.41 Å². The lowest BCUT2D eigenvalue weighted by molar-refractivity contribution is -0.117. The standard InChI is InChI=1S/C27H39N3O3/c1-9-19(2)30(26(32)20-10-13-23(33-8)14-11-20)18-21-16-22(12-15-24(21)29(6)7)28-25(31)17-27(3,4)5/h10-16,19H,9,17-18H2,1-8H3,(H,28,31)/t19-/m0/s1. The Kier molecular flexibility index (Phi) is 8.91. The van der Waals surface area contributed by atoms with Crippen molar-refractivity contribution in [2.24, 2.45) is 5.41 Å². The number of rotatable bonds is 9. The van der Waals surface area contributed by atoms with Gasteiger partial charge in [0.2, 0.25) is 5.91 Å². The second-order valence-corrected chi connectivity index (χ2v) is 9.94. The highest BCUT2D eigenvalue weighted by Crippen LogP contribution is 2.27. The van der Waals surface area contributed by atoms with Crippen LogP contribution in [0.15, 0.2) is 42.5 Å². The third kappa shape index (κ3) is 7.52. The van der Waals surface area contributed by atoms with Crippen LogP contribution in [0.5, 0.6) is 5.75 Å². The molecule has 0 saturated carbocycles. The van der Waals surface area contributed by atoms with Gasteiger partial charge in [-0.1, -0.05) is 27.7 Å². The van der Waals surface area contributed by atoms with Crippen molar-refractivity contribution < 1.29 is 14.3 Å². The van der Waals surface area contributed by atoms with Gasteiger partial charge in [-0.05, 0) is 66.8 Å². The molecular weight excluding hydrogens is 414 g/mol. The van der Waals surface area contributed by atoms with Crippen LogP contribution >= 0.6 is 0 Å². The molecular formula is C27H39N3O3. The highest BCUT2D eigenvalue weighted by molar-refractivity contribution is 5.95. The molecule has 0 aliphatic heterocycles. The summed E-state index contributed by atoms with van der Waals surface area (Å²) in [7, 11) is 5.57. The number of ether oxygens (including phenoxy) is 1. The zero-order valence-corrected chi connectivity index (χ0v) is 21.4. The van der Waals surface area contributed by atoms with Crippen LogP contribution in [-0.2, 0) is 11.3 Å². The van der Waals surface area contributed by atoms with Crippen molar-refractivity contribution in [3.05, 3.63) is 53.6 Å². The van der Waals surface area contributed by atoms with Crippen molar-refractivity contribution >= 4 is 23.2 Å². The maximum Gasteiger partial charge on any atom is 0.254 e. The van der Waals surface area contributed by atoms with E-state index in [1.54, 1.807) is 31.4 Å². The first-order valence-corrected chi connectivity index (χ1v) is 11.5. The van der Waals surface area contributed by atoms with Gasteiger partial charge in [0.25, 0.3) is 5.91 Å². The fraction of sp³-hybridized carbons (Fsp3) is 0.481. The monoisotopic (exact) mass is 453 g/mol. The first kappa shape index (κ1) is 26.2. The number of methoxy groups -OCH3 is 1. The molecule has 2 amide bonds. The van der Waals surface area contributed by atoms with Gasteiger partial charge in [0.15, 0.2) is 0 Å². The van der Waals surface area contributed by atoms with Crippen LogP contribution in [0.3, 0.4) is 0 Å². The van der Waals surface area contributed by atoms with Crippen molar-refractivity contribution in [1.82, 2.24) is 4.90 Å². The summed E-state index contributed by atoms with van der Waals surface area (Å²) in [6.45, 7) is 10.7. The average Bonchev–Trinajstić information content (AvgIpc) is 2.75. The Hall–Kier alpha value is -3.02. The van der Waals surface area contributed by atoms with Crippen molar-refractivity contribution in [2.45, 2.75) is 60.0 Å². The second-order valence-electron chi connectivity index (χ2n) is 9.94. The van der Waals surface area contributed by atoms with Crippen LogP contribution in [0.1, 0.15) is 63.4 Å². The highest BCUT2D eigenvalue weighted by Gasteiger charge is 2.23. The Labute approximate surface area is 198 Å². The Morgan fingerprint density at radius 2 is 1.70 bits per heavy atom. The van der Waals surface area contributed by atoms with E-state index in [1.807, 2.05) is 62.9 Å². The minimum absolute atomic E-state index is 0.0147. The summed E-state index contributed by atoms with van der Waals surface area (Å²) in [6, 6.07) is 13.1. The SMILES string of the molecule is CC[C@H](C)N(Cc1cc(NC(=O)CC(C)(C)C)ccc1N(C)C)C(=O)c1ccc(OC)cc1. The largest absolute Gasteiger partial charge is 0.497 e. The summed E-state index contributed by atoms with van der Waals surface area (Å²) in [6.07, 6.45) is 1.27. The van der Waals surface area contributed by atoms with E-state index in [-0.39, 0.29) is 23.3 Å². The first-order chi connectivity index (χ1) is 15.4. The molecule has 180 valence electrons. The normalized spacial score (nSPS) is 12.1. The van der Waals surface area contributed by atoms with Gasteiger partial charge in [0.05, 0.1) is 7.11 Å². The number of hydrogen-bond donors (Lipinski definition) is 1. The molecule has 0 heterocycles. The van der Waals surface area contributed by atoms with E-state index in [4.69, 9.17) is 4.74 Å². The number of carbonyl (C=O) groups excluding carboxylic acids is 2. The number of benzene rings is 2. The number of anilines is 2. The van der Waals surface area contributed by atoms with Crippen molar-refractivity contribution in [2.75, 3.05) is 31.4 Å². The topological polar surface area (TPSA) is 61.9 Å². The lowest BCUT2D eigenvalue weighted by atomic mass is 9.92. The summed E-state index contributed by atoms with van der Waals surface area (Å²) >= 11 is 0. The van der Waals surface area contributed by atoms with Gasteiger partial charge in [0, 0.05) is 50.0 Å². The number of carbonyl (C=O) groups is 2. The molecule has 0 radical (unpaired) electrons. The average molecular weight is 454 g/mol. The van der Waals surface area contributed by atoms with Gasteiger partial charge in [-0.3, -0.25) is 9.59 Å². The number of nitrogens with one attached hydrogen (secondary N) is 1. The van der Waals surface area contributed by atoms with Gasteiger partial charge in [-0.2, -0.15) is 0 Å². The highest BCUT2D eigenvalue weighted by atomic mass is 16.5. The molecule has 0 aliphatic carbocycles. The van der Waals surface area contributed by atoms with Crippen LogP contribution in [-0.4, -0.2) is 44.0 Å². The minimum Gasteiger partial charge on any atom is -0.497 e. The van der Waals surface area contributed by atoms with Gasteiger partial charge >= 0.3 is 0 Å². The third-order valence-electron chi connectivity index (χ3n) is 5.60. The van der Waals surface area contributed by atoms with E-state index >= 15 is 0 Å². The van der Waals surface area contributed by atoms with Crippen molar-refractivity contribution in [3.8, 4) is 5.75 Å². The first-order valence-electron chi connectivity index (χ1n) is 11.5. The molecule has 0 spiro atoms. The predicted molar refractivity (Wildman–Crippen MR) is 136 cm³/mol. The fourth-order valence-electron chi connectivity index (χ4n) is 3.64. The summed E-state index contributed by atoms with van der Waals surface area (Å²) in [4.78, 5) is 29.9.